The number of hydrogen-bond donors (Lipinski definition) is 2. The van der Waals surface area contributed by atoms with Gasteiger partial charge in [-0.3, -0.25) is 4.79 Å². The first-order valence-electron chi connectivity index (χ1n) is 4.19. The predicted molar refractivity (Wildman–Crippen MR) is 56.9 cm³/mol. The Kier molecular flexibility index (Phi) is 3.84. The molecule has 0 saturated heterocycles. The number of likely N-dealkylation sites (N-methyl/N-ethyl adjacent to an activating group) is 1. The predicted octanol–water partition coefficient (Wildman–Crippen LogP) is -0.0969. The van der Waals surface area contributed by atoms with E-state index in [1.54, 1.807) is 0 Å². The second kappa shape index (κ2) is 4.92. The molecule has 1 rings (SSSR count). The summed E-state index contributed by atoms with van der Waals surface area (Å²) in [6, 6.07) is 0. The summed E-state index contributed by atoms with van der Waals surface area (Å²) in [5.41, 5.74) is 6.26. The molecular weight excluding hydrogens is 200 g/mol. The van der Waals surface area contributed by atoms with Gasteiger partial charge in [-0.05, 0) is 14.1 Å². The maximum absolute atomic E-state index is 11.2. The van der Waals surface area contributed by atoms with Crippen molar-refractivity contribution in [1.29, 1.82) is 0 Å². The number of nitrogen functional groups attached to an aromatic ring is 1. The van der Waals surface area contributed by atoms with Crippen molar-refractivity contribution in [3.8, 4) is 0 Å². The monoisotopic (exact) mass is 214 g/mol. The molecule has 1 heterocycles. The number of nitrogens with two attached hydrogens (primary N) is 1. The van der Waals surface area contributed by atoms with Crippen LogP contribution >= 0.6 is 11.3 Å². The Morgan fingerprint density at radius 2 is 2.43 bits per heavy atom. The van der Waals surface area contributed by atoms with Gasteiger partial charge in [-0.1, -0.05) is 0 Å². The van der Waals surface area contributed by atoms with Gasteiger partial charge in [-0.2, -0.15) is 0 Å². The van der Waals surface area contributed by atoms with E-state index in [-0.39, 0.29) is 5.91 Å². The van der Waals surface area contributed by atoms with Crippen LogP contribution in [0.1, 0.15) is 5.69 Å². The zero-order valence-electron chi connectivity index (χ0n) is 8.28. The minimum Gasteiger partial charge on any atom is -0.375 e. The standard InChI is InChI=1S/C8H14N4OS/c1-12(2)4-7(13)10-3-6-5-14-8(9)11-6/h5H,3-4H2,1-2H3,(H2,9,11)(H,10,13). The van der Waals surface area contributed by atoms with Gasteiger partial charge < -0.3 is 16.0 Å². The zero-order valence-corrected chi connectivity index (χ0v) is 9.10. The summed E-state index contributed by atoms with van der Waals surface area (Å²) < 4.78 is 0. The third kappa shape index (κ3) is 3.71. The second-order valence-corrected chi connectivity index (χ2v) is 4.08. The number of thiazole rings is 1. The fourth-order valence-corrected chi connectivity index (χ4v) is 1.50. The fraction of sp³-hybridized carbons (Fsp3) is 0.500. The molecule has 0 fully saturated rings. The summed E-state index contributed by atoms with van der Waals surface area (Å²) >= 11 is 1.37. The summed E-state index contributed by atoms with van der Waals surface area (Å²) in [5.74, 6) is -0.0124. The van der Waals surface area contributed by atoms with Crippen LogP contribution in [-0.2, 0) is 11.3 Å². The Morgan fingerprint density at radius 3 is 2.93 bits per heavy atom. The van der Waals surface area contributed by atoms with Crippen molar-refractivity contribution in [1.82, 2.24) is 15.2 Å². The normalized spacial score (nSPS) is 10.5. The molecule has 0 atom stereocenters. The number of anilines is 1. The van der Waals surface area contributed by atoms with E-state index < -0.39 is 0 Å². The lowest BCUT2D eigenvalue weighted by atomic mass is 10.4. The molecule has 0 saturated carbocycles. The molecule has 0 radical (unpaired) electrons. The van der Waals surface area contributed by atoms with Gasteiger partial charge in [0, 0.05) is 5.38 Å². The molecule has 0 aliphatic carbocycles. The molecular formula is C8H14N4OS. The Hall–Kier alpha value is -1.14. The number of amides is 1. The lowest BCUT2D eigenvalue weighted by Crippen LogP contribution is -2.32. The molecule has 5 nitrogen and oxygen atoms in total. The number of carbonyl (C=O) groups is 1. The molecule has 1 amide bonds. The molecule has 0 aliphatic rings. The van der Waals surface area contributed by atoms with E-state index in [0.717, 1.165) is 5.69 Å². The molecule has 0 aromatic carbocycles. The lowest BCUT2D eigenvalue weighted by molar-refractivity contribution is -0.121. The molecule has 0 aliphatic heterocycles. The number of carbonyl (C=O) groups excluding carboxylic acids is 1. The van der Waals surface area contributed by atoms with Gasteiger partial charge in [0.25, 0.3) is 0 Å². The number of aromatic nitrogens is 1. The molecule has 1 aromatic heterocycles. The first-order valence-corrected chi connectivity index (χ1v) is 5.07. The average molecular weight is 214 g/mol. The maximum atomic E-state index is 11.2. The molecule has 6 heteroatoms. The third-order valence-corrected chi connectivity index (χ3v) is 2.22. The summed E-state index contributed by atoms with van der Waals surface area (Å²) in [4.78, 5) is 17.1. The van der Waals surface area contributed by atoms with Crippen molar-refractivity contribution in [3.63, 3.8) is 0 Å². The Balaban J connectivity index is 2.30. The Morgan fingerprint density at radius 1 is 1.71 bits per heavy atom. The van der Waals surface area contributed by atoms with E-state index in [0.29, 0.717) is 18.2 Å². The molecule has 1 aromatic rings. The van der Waals surface area contributed by atoms with Gasteiger partial charge in [-0.15, -0.1) is 11.3 Å². The summed E-state index contributed by atoms with van der Waals surface area (Å²) in [6.45, 7) is 0.833. The molecule has 14 heavy (non-hydrogen) atoms. The van der Waals surface area contributed by atoms with Crippen LogP contribution in [0.15, 0.2) is 5.38 Å². The molecule has 0 bridgehead atoms. The SMILES string of the molecule is CN(C)CC(=O)NCc1csc(N)n1. The van der Waals surface area contributed by atoms with E-state index in [4.69, 9.17) is 5.73 Å². The highest BCUT2D eigenvalue weighted by atomic mass is 32.1. The van der Waals surface area contributed by atoms with Crippen LogP contribution in [0.2, 0.25) is 0 Å². The largest absolute Gasteiger partial charge is 0.375 e. The minimum absolute atomic E-state index is 0.0124. The number of rotatable bonds is 4. The van der Waals surface area contributed by atoms with Crippen LogP contribution in [0.3, 0.4) is 0 Å². The van der Waals surface area contributed by atoms with E-state index in [2.05, 4.69) is 10.3 Å². The highest BCUT2D eigenvalue weighted by Crippen LogP contribution is 2.10. The average Bonchev–Trinajstić information content (AvgIpc) is 2.47. The first-order chi connectivity index (χ1) is 6.58. The van der Waals surface area contributed by atoms with Crippen LogP contribution in [-0.4, -0.2) is 36.4 Å². The van der Waals surface area contributed by atoms with Crippen molar-refractivity contribution in [2.45, 2.75) is 6.54 Å². The molecule has 78 valence electrons. The van der Waals surface area contributed by atoms with Gasteiger partial charge in [0.2, 0.25) is 5.91 Å². The van der Waals surface area contributed by atoms with Crippen LogP contribution < -0.4 is 11.1 Å². The minimum atomic E-state index is -0.0124. The van der Waals surface area contributed by atoms with E-state index >= 15 is 0 Å². The molecule has 0 unspecified atom stereocenters. The van der Waals surface area contributed by atoms with Crippen molar-refractivity contribution in [3.05, 3.63) is 11.1 Å². The second-order valence-electron chi connectivity index (χ2n) is 3.19. The smallest absolute Gasteiger partial charge is 0.234 e. The van der Waals surface area contributed by atoms with Crippen molar-refractivity contribution in [2.75, 3.05) is 26.4 Å². The van der Waals surface area contributed by atoms with Crippen molar-refractivity contribution in [2.24, 2.45) is 0 Å². The van der Waals surface area contributed by atoms with Crippen LogP contribution in [0.4, 0.5) is 5.13 Å². The zero-order chi connectivity index (χ0) is 10.6. The highest BCUT2D eigenvalue weighted by molar-refractivity contribution is 7.13. The van der Waals surface area contributed by atoms with Gasteiger partial charge in [-0.25, -0.2) is 4.98 Å². The maximum Gasteiger partial charge on any atom is 0.234 e. The first kappa shape index (κ1) is 10.9. The topological polar surface area (TPSA) is 71.2 Å². The number of hydrogen-bond acceptors (Lipinski definition) is 5. The van der Waals surface area contributed by atoms with E-state index in [1.807, 2.05) is 24.4 Å². The Labute approximate surface area is 86.9 Å². The Bertz CT molecular complexity index is 310. The summed E-state index contributed by atoms with van der Waals surface area (Å²) in [6.07, 6.45) is 0. The van der Waals surface area contributed by atoms with Gasteiger partial charge in [0.05, 0.1) is 18.8 Å². The van der Waals surface area contributed by atoms with Crippen molar-refractivity contribution < 1.29 is 4.79 Å². The van der Waals surface area contributed by atoms with E-state index in [9.17, 15) is 4.79 Å². The van der Waals surface area contributed by atoms with Gasteiger partial charge in [0.15, 0.2) is 5.13 Å². The molecule has 0 spiro atoms. The van der Waals surface area contributed by atoms with Crippen molar-refractivity contribution >= 4 is 22.4 Å². The third-order valence-electron chi connectivity index (χ3n) is 1.50. The van der Waals surface area contributed by atoms with Gasteiger partial charge in [0.1, 0.15) is 0 Å². The quantitative estimate of drug-likeness (QED) is 0.734. The highest BCUT2D eigenvalue weighted by Gasteiger charge is 2.03. The van der Waals surface area contributed by atoms with Crippen LogP contribution in [0.25, 0.3) is 0 Å². The fourth-order valence-electron chi connectivity index (χ4n) is 0.936. The van der Waals surface area contributed by atoms with Gasteiger partial charge >= 0.3 is 0 Å². The molecule has 3 N–H and O–H groups in total. The van der Waals surface area contributed by atoms with Crippen LogP contribution in [0.5, 0.6) is 0 Å². The van der Waals surface area contributed by atoms with Crippen LogP contribution in [0, 0.1) is 0 Å². The lowest BCUT2D eigenvalue weighted by Gasteiger charge is -2.08. The summed E-state index contributed by atoms with van der Waals surface area (Å²) in [5, 5.41) is 5.12. The number of nitrogens with zero attached hydrogens (tertiary/aromatic N) is 2. The summed E-state index contributed by atoms with van der Waals surface area (Å²) in [7, 11) is 3.70. The van der Waals surface area contributed by atoms with E-state index in [1.165, 1.54) is 11.3 Å². The number of nitrogens with one attached hydrogen (secondary N) is 1.